The highest BCUT2D eigenvalue weighted by molar-refractivity contribution is 5.81. The Labute approximate surface area is 131 Å². The van der Waals surface area contributed by atoms with Gasteiger partial charge in [-0.3, -0.25) is 0 Å². The number of hydrogen-bond acceptors (Lipinski definition) is 3. The second kappa shape index (κ2) is 17.2. The second-order valence-electron chi connectivity index (χ2n) is 5.46. The molecular weight excluding hydrogens is 264 g/mol. The van der Waals surface area contributed by atoms with Gasteiger partial charge < -0.3 is 9.47 Å². The maximum atomic E-state index is 10.8. The third-order valence-corrected chi connectivity index (χ3v) is 3.55. The van der Waals surface area contributed by atoms with Gasteiger partial charge in [0.05, 0.1) is 6.61 Å². The van der Waals surface area contributed by atoms with E-state index in [1.165, 1.54) is 63.9 Å². The molecule has 0 unspecified atom stereocenters. The van der Waals surface area contributed by atoms with Crippen LogP contribution in [0.15, 0.2) is 12.7 Å². The lowest BCUT2D eigenvalue weighted by atomic mass is 10.1. The summed E-state index contributed by atoms with van der Waals surface area (Å²) in [4.78, 5) is 10.8. The van der Waals surface area contributed by atoms with E-state index in [1.54, 1.807) is 0 Å². The zero-order chi connectivity index (χ0) is 15.6. The van der Waals surface area contributed by atoms with Crippen molar-refractivity contribution in [1.29, 1.82) is 0 Å². The van der Waals surface area contributed by atoms with Gasteiger partial charge in [0.15, 0.2) is 0 Å². The van der Waals surface area contributed by atoms with Crippen molar-refractivity contribution in [2.24, 2.45) is 0 Å². The van der Waals surface area contributed by atoms with Crippen molar-refractivity contribution in [3.8, 4) is 0 Å². The normalized spacial score (nSPS) is 10.5. The first-order valence-electron chi connectivity index (χ1n) is 8.68. The van der Waals surface area contributed by atoms with Crippen molar-refractivity contribution >= 4 is 5.97 Å². The standard InChI is InChI=1S/C18H34O3/c1-3-18(19)21-17-15-13-11-9-7-5-6-8-10-12-14-16-20-4-2/h3H,1,4-17H2,2H3. The summed E-state index contributed by atoms with van der Waals surface area (Å²) >= 11 is 0. The molecule has 0 aliphatic rings. The highest BCUT2D eigenvalue weighted by Gasteiger charge is 1.96. The van der Waals surface area contributed by atoms with E-state index in [-0.39, 0.29) is 5.97 Å². The average Bonchev–Trinajstić information content (AvgIpc) is 2.50. The third kappa shape index (κ3) is 17.1. The van der Waals surface area contributed by atoms with Gasteiger partial charge in [-0.1, -0.05) is 64.4 Å². The molecule has 0 rings (SSSR count). The minimum atomic E-state index is -0.309. The van der Waals surface area contributed by atoms with E-state index in [1.807, 2.05) is 6.92 Å². The fraction of sp³-hybridized carbons (Fsp3) is 0.833. The zero-order valence-corrected chi connectivity index (χ0v) is 13.9. The molecule has 0 aromatic heterocycles. The Morgan fingerprint density at radius 3 is 1.67 bits per heavy atom. The summed E-state index contributed by atoms with van der Waals surface area (Å²) in [7, 11) is 0. The van der Waals surface area contributed by atoms with Crippen molar-refractivity contribution in [3.63, 3.8) is 0 Å². The first-order valence-corrected chi connectivity index (χ1v) is 8.68. The van der Waals surface area contributed by atoms with E-state index < -0.39 is 0 Å². The molecule has 0 saturated carbocycles. The Morgan fingerprint density at radius 1 is 0.810 bits per heavy atom. The van der Waals surface area contributed by atoms with E-state index in [0.29, 0.717) is 6.61 Å². The van der Waals surface area contributed by atoms with Crippen molar-refractivity contribution in [2.45, 2.75) is 77.6 Å². The predicted octanol–water partition coefficient (Wildman–Crippen LogP) is 5.04. The van der Waals surface area contributed by atoms with Crippen molar-refractivity contribution in [1.82, 2.24) is 0 Å². The van der Waals surface area contributed by atoms with Crippen LogP contribution in [0, 0.1) is 0 Å². The summed E-state index contributed by atoms with van der Waals surface area (Å²) in [5.74, 6) is -0.309. The van der Waals surface area contributed by atoms with E-state index >= 15 is 0 Å². The summed E-state index contributed by atoms with van der Waals surface area (Å²) in [6, 6.07) is 0. The van der Waals surface area contributed by atoms with E-state index in [4.69, 9.17) is 9.47 Å². The monoisotopic (exact) mass is 298 g/mol. The van der Waals surface area contributed by atoms with Gasteiger partial charge in [-0.2, -0.15) is 0 Å². The van der Waals surface area contributed by atoms with Crippen LogP contribution in [0.5, 0.6) is 0 Å². The molecule has 124 valence electrons. The maximum absolute atomic E-state index is 10.8. The smallest absolute Gasteiger partial charge is 0.330 e. The number of unbranched alkanes of at least 4 members (excludes halogenated alkanes) is 10. The molecule has 0 aromatic rings. The van der Waals surface area contributed by atoms with Crippen LogP contribution in [0.2, 0.25) is 0 Å². The Hall–Kier alpha value is -0.830. The Bertz CT molecular complexity index is 239. The molecule has 3 heteroatoms. The topological polar surface area (TPSA) is 35.5 Å². The number of ether oxygens (including phenoxy) is 2. The molecule has 0 aliphatic carbocycles. The average molecular weight is 298 g/mol. The molecule has 0 fully saturated rings. The number of carbonyl (C=O) groups excluding carboxylic acids is 1. The summed E-state index contributed by atoms with van der Waals surface area (Å²) in [6.07, 6.45) is 15.2. The quantitative estimate of drug-likeness (QED) is 0.227. The van der Waals surface area contributed by atoms with Crippen molar-refractivity contribution in [2.75, 3.05) is 19.8 Å². The maximum Gasteiger partial charge on any atom is 0.330 e. The van der Waals surface area contributed by atoms with Crippen LogP contribution in [0.3, 0.4) is 0 Å². The number of hydrogen-bond donors (Lipinski definition) is 0. The molecule has 0 saturated heterocycles. The van der Waals surface area contributed by atoms with Gasteiger partial charge in [-0.05, 0) is 19.8 Å². The Balaban J connectivity index is 2.99. The predicted molar refractivity (Wildman–Crippen MR) is 88.4 cm³/mol. The molecule has 0 spiro atoms. The minimum Gasteiger partial charge on any atom is -0.463 e. The summed E-state index contributed by atoms with van der Waals surface area (Å²) in [5.41, 5.74) is 0. The summed E-state index contributed by atoms with van der Waals surface area (Å²) in [6.45, 7) is 7.73. The first kappa shape index (κ1) is 20.2. The van der Waals surface area contributed by atoms with Crippen LogP contribution in [-0.2, 0) is 14.3 Å². The molecule has 0 aliphatic heterocycles. The van der Waals surface area contributed by atoms with Crippen LogP contribution in [0.1, 0.15) is 77.6 Å². The van der Waals surface area contributed by atoms with Gasteiger partial charge in [0.25, 0.3) is 0 Å². The summed E-state index contributed by atoms with van der Waals surface area (Å²) in [5, 5.41) is 0. The fourth-order valence-electron chi connectivity index (χ4n) is 2.27. The molecule has 0 amide bonds. The third-order valence-electron chi connectivity index (χ3n) is 3.55. The lowest BCUT2D eigenvalue weighted by Crippen LogP contribution is -2.01. The van der Waals surface area contributed by atoms with Gasteiger partial charge in [0.1, 0.15) is 0 Å². The first-order chi connectivity index (χ1) is 10.3. The molecule has 21 heavy (non-hydrogen) atoms. The van der Waals surface area contributed by atoms with Gasteiger partial charge in [0, 0.05) is 19.3 Å². The van der Waals surface area contributed by atoms with Crippen LogP contribution < -0.4 is 0 Å². The van der Waals surface area contributed by atoms with Gasteiger partial charge in [-0.25, -0.2) is 4.79 Å². The van der Waals surface area contributed by atoms with Crippen LogP contribution in [-0.4, -0.2) is 25.8 Å². The minimum absolute atomic E-state index is 0.309. The molecule has 0 heterocycles. The zero-order valence-electron chi connectivity index (χ0n) is 13.9. The molecular formula is C18H34O3. The highest BCUT2D eigenvalue weighted by atomic mass is 16.5. The Morgan fingerprint density at radius 2 is 1.24 bits per heavy atom. The van der Waals surface area contributed by atoms with Gasteiger partial charge in [0.2, 0.25) is 0 Å². The second-order valence-corrected chi connectivity index (χ2v) is 5.46. The lowest BCUT2D eigenvalue weighted by Gasteiger charge is -2.04. The van der Waals surface area contributed by atoms with E-state index in [9.17, 15) is 4.79 Å². The number of rotatable bonds is 16. The van der Waals surface area contributed by atoms with Gasteiger partial charge >= 0.3 is 5.97 Å². The van der Waals surface area contributed by atoms with E-state index in [0.717, 1.165) is 26.1 Å². The molecule has 0 bridgehead atoms. The van der Waals surface area contributed by atoms with Crippen molar-refractivity contribution in [3.05, 3.63) is 12.7 Å². The SMILES string of the molecule is C=CC(=O)OCCCCCCCCCCCCCOCC. The number of carbonyl (C=O) groups is 1. The van der Waals surface area contributed by atoms with E-state index in [2.05, 4.69) is 6.58 Å². The molecule has 0 radical (unpaired) electrons. The Kier molecular flexibility index (Phi) is 16.5. The van der Waals surface area contributed by atoms with Crippen LogP contribution in [0.25, 0.3) is 0 Å². The lowest BCUT2D eigenvalue weighted by molar-refractivity contribution is -0.137. The van der Waals surface area contributed by atoms with Gasteiger partial charge in [-0.15, -0.1) is 0 Å². The fourth-order valence-corrected chi connectivity index (χ4v) is 2.27. The van der Waals surface area contributed by atoms with Crippen LogP contribution in [0.4, 0.5) is 0 Å². The number of esters is 1. The van der Waals surface area contributed by atoms with Crippen LogP contribution >= 0.6 is 0 Å². The molecule has 0 aromatic carbocycles. The highest BCUT2D eigenvalue weighted by Crippen LogP contribution is 2.11. The van der Waals surface area contributed by atoms with Crippen molar-refractivity contribution < 1.29 is 14.3 Å². The summed E-state index contributed by atoms with van der Waals surface area (Å²) < 4.78 is 10.3. The largest absolute Gasteiger partial charge is 0.463 e. The molecule has 0 atom stereocenters. The molecule has 3 nitrogen and oxygen atoms in total. The molecule has 0 N–H and O–H groups in total.